The lowest BCUT2D eigenvalue weighted by atomic mass is 10.0. The third-order valence-electron chi connectivity index (χ3n) is 4.02. The molecule has 4 heteroatoms. The van der Waals surface area contributed by atoms with Crippen LogP contribution in [0.4, 0.5) is 4.79 Å². The molecule has 0 aromatic heterocycles. The lowest BCUT2D eigenvalue weighted by Crippen LogP contribution is -2.48. The molecule has 0 spiro atoms. The van der Waals surface area contributed by atoms with E-state index in [0.717, 1.165) is 32.0 Å². The highest BCUT2D eigenvalue weighted by Gasteiger charge is 2.24. The smallest absolute Gasteiger partial charge is 0.409 e. The van der Waals surface area contributed by atoms with Gasteiger partial charge in [-0.2, -0.15) is 0 Å². The Morgan fingerprint density at radius 2 is 2.06 bits per heavy atom. The van der Waals surface area contributed by atoms with E-state index >= 15 is 0 Å². The molecule has 1 aliphatic carbocycles. The van der Waals surface area contributed by atoms with Gasteiger partial charge in [0.15, 0.2) is 0 Å². The molecule has 17 heavy (non-hydrogen) atoms. The molecular formula is C13H24N2O2. The second-order valence-corrected chi connectivity index (χ2v) is 5.31. The van der Waals surface area contributed by atoms with E-state index in [1.54, 1.807) is 0 Å². The normalized spacial score (nSPS) is 26.2. The number of likely N-dealkylation sites (tertiary alicyclic amines) is 1. The van der Waals surface area contributed by atoms with Gasteiger partial charge in [0.2, 0.25) is 0 Å². The van der Waals surface area contributed by atoms with Gasteiger partial charge in [-0.25, -0.2) is 4.79 Å². The van der Waals surface area contributed by atoms with Crippen LogP contribution in [0.25, 0.3) is 0 Å². The summed E-state index contributed by atoms with van der Waals surface area (Å²) in [7, 11) is 1.46. The van der Waals surface area contributed by atoms with Gasteiger partial charge in [0.25, 0.3) is 0 Å². The number of amides is 1. The van der Waals surface area contributed by atoms with Crippen molar-refractivity contribution in [2.75, 3.05) is 26.7 Å². The summed E-state index contributed by atoms with van der Waals surface area (Å²) >= 11 is 0. The summed E-state index contributed by atoms with van der Waals surface area (Å²) in [6, 6.07) is 0.462. The second-order valence-electron chi connectivity index (χ2n) is 5.31. The van der Waals surface area contributed by atoms with E-state index in [4.69, 9.17) is 4.74 Å². The number of piperidine rings is 1. The van der Waals surface area contributed by atoms with Crippen molar-refractivity contribution in [3.05, 3.63) is 0 Å². The quantitative estimate of drug-likeness (QED) is 0.820. The van der Waals surface area contributed by atoms with E-state index in [2.05, 4.69) is 5.32 Å². The Morgan fingerprint density at radius 1 is 1.29 bits per heavy atom. The van der Waals surface area contributed by atoms with Crippen molar-refractivity contribution in [2.45, 2.75) is 44.6 Å². The van der Waals surface area contributed by atoms with E-state index in [9.17, 15) is 4.79 Å². The zero-order valence-electron chi connectivity index (χ0n) is 10.8. The maximum absolute atomic E-state index is 11.4. The van der Waals surface area contributed by atoms with Crippen LogP contribution < -0.4 is 5.32 Å². The van der Waals surface area contributed by atoms with Gasteiger partial charge in [-0.1, -0.05) is 12.8 Å². The maximum atomic E-state index is 11.4. The third-order valence-corrected chi connectivity index (χ3v) is 4.02. The molecule has 1 unspecified atom stereocenters. The van der Waals surface area contributed by atoms with Crippen LogP contribution in [0.5, 0.6) is 0 Å². The van der Waals surface area contributed by atoms with E-state index in [1.165, 1.54) is 39.2 Å². The predicted octanol–water partition coefficient (Wildman–Crippen LogP) is 2.00. The molecule has 1 aliphatic heterocycles. The van der Waals surface area contributed by atoms with E-state index in [0.29, 0.717) is 6.04 Å². The largest absolute Gasteiger partial charge is 0.453 e. The topological polar surface area (TPSA) is 41.6 Å². The molecule has 2 rings (SSSR count). The summed E-state index contributed by atoms with van der Waals surface area (Å²) in [5, 5.41) is 3.62. The van der Waals surface area contributed by atoms with Crippen LogP contribution >= 0.6 is 0 Å². The standard InChI is InChI=1S/C13H24N2O2/c1-17-13(16)15-8-4-7-12(10-15)14-9-11-5-2-3-6-11/h11-12,14H,2-10H2,1H3. The number of nitrogens with one attached hydrogen (secondary N) is 1. The van der Waals surface area contributed by atoms with Crippen molar-refractivity contribution in [3.8, 4) is 0 Å². The van der Waals surface area contributed by atoms with E-state index in [1.807, 2.05) is 4.90 Å². The van der Waals surface area contributed by atoms with E-state index < -0.39 is 0 Å². The van der Waals surface area contributed by atoms with Crippen LogP contribution in [0.1, 0.15) is 38.5 Å². The molecular weight excluding hydrogens is 216 g/mol. The second kappa shape index (κ2) is 6.24. The van der Waals surface area contributed by atoms with Gasteiger partial charge >= 0.3 is 6.09 Å². The van der Waals surface area contributed by atoms with Crippen LogP contribution in [-0.4, -0.2) is 43.8 Å². The first-order chi connectivity index (χ1) is 8.29. The minimum Gasteiger partial charge on any atom is -0.453 e. The number of ether oxygens (including phenoxy) is 1. The van der Waals surface area contributed by atoms with Crippen LogP contribution in [0.15, 0.2) is 0 Å². The van der Waals surface area contributed by atoms with Crippen LogP contribution in [0.2, 0.25) is 0 Å². The Balaban J connectivity index is 1.71. The molecule has 1 heterocycles. The lowest BCUT2D eigenvalue weighted by Gasteiger charge is -2.32. The van der Waals surface area contributed by atoms with Gasteiger partial charge < -0.3 is 15.0 Å². The number of carbonyl (C=O) groups excluding carboxylic acids is 1. The Labute approximate surface area is 104 Å². The average Bonchev–Trinajstić information content (AvgIpc) is 2.89. The summed E-state index contributed by atoms with van der Waals surface area (Å²) in [5.74, 6) is 0.864. The molecule has 4 nitrogen and oxygen atoms in total. The highest BCUT2D eigenvalue weighted by molar-refractivity contribution is 5.67. The molecule has 1 saturated carbocycles. The third kappa shape index (κ3) is 3.60. The molecule has 1 amide bonds. The minimum atomic E-state index is -0.183. The number of nitrogens with zero attached hydrogens (tertiary/aromatic N) is 1. The first-order valence-electron chi connectivity index (χ1n) is 6.86. The summed E-state index contributed by atoms with van der Waals surface area (Å²) in [6.07, 6.45) is 7.62. The Kier molecular flexibility index (Phi) is 4.66. The number of carbonyl (C=O) groups is 1. The summed E-state index contributed by atoms with van der Waals surface area (Å²) in [5.41, 5.74) is 0. The molecule has 2 fully saturated rings. The van der Waals surface area contributed by atoms with Gasteiger partial charge in [-0.05, 0) is 38.1 Å². The van der Waals surface area contributed by atoms with Gasteiger partial charge in [0, 0.05) is 19.1 Å². The Bertz CT molecular complexity index is 252. The van der Waals surface area contributed by atoms with Gasteiger partial charge in [-0.3, -0.25) is 0 Å². The molecule has 1 N–H and O–H groups in total. The van der Waals surface area contributed by atoms with Crippen molar-refractivity contribution in [2.24, 2.45) is 5.92 Å². The number of hydrogen-bond donors (Lipinski definition) is 1. The molecule has 2 aliphatic rings. The number of methoxy groups -OCH3 is 1. The first kappa shape index (κ1) is 12.7. The lowest BCUT2D eigenvalue weighted by molar-refractivity contribution is 0.107. The first-order valence-corrected chi connectivity index (χ1v) is 6.86. The molecule has 0 radical (unpaired) electrons. The minimum absolute atomic E-state index is 0.183. The zero-order valence-corrected chi connectivity index (χ0v) is 10.8. The fraction of sp³-hybridized carbons (Fsp3) is 0.923. The van der Waals surface area contributed by atoms with Gasteiger partial charge in [0.05, 0.1) is 7.11 Å². The van der Waals surface area contributed by atoms with Gasteiger partial charge in [0.1, 0.15) is 0 Å². The summed E-state index contributed by atoms with van der Waals surface area (Å²) in [6.45, 7) is 2.77. The highest BCUT2D eigenvalue weighted by Crippen LogP contribution is 2.24. The molecule has 1 atom stereocenters. The molecule has 98 valence electrons. The Hall–Kier alpha value is -0.770. The Morgan fingerprint density at radius 3 is 2.76 bits per heavy atom. The van der Waals surface area contributed by atoms with Crippen molar-refractivity contribution >= 4 is 6.09 Å². The summed E-state index contributed by atoms with van der Waals surface area (Å²) < 4.78 is 4.78. The highest BCUT2D eigenvalue weighted by atomic mass is 16.5. The van der Waals surface area contributed by atoms with Crippen LogP contribution in [0, 0.1) is 5.92 Å². The predicted molar refractivity (Wildman–Crippen MR) is 67.0 cm³/mol. The SMILES string of the molecule is COC(=O)N1CCCC(NCC2CCCC2)C1. The molecule has 0 aromatic carbocycles. The summed E-state index contributed by atoms with van der Waals surface area (Å²) in [4.78, 5) is 13.3. The molecule has 1 saturated heterocycles. The zero-order chi connectivity index (χ0) is 12.1. The average molecular weight is 240 g/mol. The van der Waals surface area contributed by atoms with Crippen molar-refractivity contribution in [3.63, 3.8) is 0 Å². The number of hydrogen-bond acceptors (Lipinski definition) is 3. The molecule has 0 aromatic rings. The van der Waals surface area contributed by atoms with Crippen molar-refractivity contribution in [1.82, 2.24) is 10.2 Å². The van der Waals surface area contributed by atoms with E-state index in [-0.39, 0.29) is 6.09 Å². The fourth-order valence-corrected chi connectivity index (χ4v) is 2.99. The maximum Gasteiger partial charge on any atom is 0.409 e. The fourth-order valence-electron chi connectivity index (χ4n) is 2.99. The van der Waals surface area contributed by atoms with Crippen molar-refractivity contribution in [1.29, 1.82) is 0 Å². The van der Waals surface area contributed by atoms with Crippen LogP contribution in [0.3, 0.4) is 0 Å². The van der Waals surface area contributed by atoms with Crippen molar-refractivity contribution < 1.29 is 9.53 Å². The van der Waals surface area contributed by atoms with Gasteiger partial charge in [-0.15, -0.1) is 0 Å². The monoisotopic (exact) mass is 240 g/mol. The molecule has 0 bridgehead atoms. The van der Waals surface area contributed by atoms with Crippen LogP contribution in [-0.2, 0) is 4.74 Å². The number of rotatable bonds is 3.